The van der Waals surface area contributed by atoms with Crippen molar-refractivity contribution in [3.8, 4) is 11.3 Å². The maximum atomic E-state index is 13.7. The standard InChI is InChI=1S/C19H17F3N6O3/c1-25-6-8-26(9-7-25)18(29)15-11-17-23-14(10-16(19(20,21)22)27(17)24-15)12-2-4-13(5-3-12)28(30)31/h2-5,10-11H,6-9H2,1H3. The number of rotatable bonds is 3. The van der Waals surface area contributed by atoms with Crippen LogP contribution in [0.3, 0.4) is 0 Å². The number of hydrogen-bond acceptors (Lipinski definition) is 6. The Morgan fingerprint density at radius 2 is 1.74 bits per heavy atom. The summed E-state index contributed by atoms with van der Waals surface area (Å²) in [7, 11) is 1.92. The summed E-state index contributed by atoms with van der Waals surface area (Å²) in [4.78, 5) is 30.8. The Morgan fingerprint density at radius 3 is 2.32 bits per heavy atom. The molecule has 1 aromatic carbocycles. The smallest absolute Gasteiger partial charge is 0.335 e. The maximum absolute atomic E-state index is 13.7. The van der Waals surface area contributed by atoms with Crippen LogP contribution in [0.2, 0.25) is 0 Å². The predicted molar refractivity (Wildman–Crippen MR) is 103 cm³/mol. The van der Waals surface area contributed by atoms with Gasteiger partial charge in [0.2, 0.25) is 0 Å². The van der Waals surface area contributed by atoms with Crippen LogP contribution in [0.25, 0.3) is 16.9 Å². The van der Waals surface area contributed by atoms with E-state index in [0.29, 0.717) is 30.7 Å². The second-order valence-electron chi connectivity index (χ2n) is 7.22. The summed E-state index contributed by atoms with van der Waals surface area (Å²) in [5.41, 5.74) is -1.31. The van der Waals surface area contributed by atoms with E-state index in [9.17, 15) is 28.1 Å². The molecule has 1 aliphatic heterocycles. The highest BCUT2D eigenvalue weighted by atomic mass is 19.4. The van der Waals surface area contributed by atoms with Crippen molar-refractivity contribution in [1.29, 1.82) is 0 Å². The summed E-state index contributed by atoms with van der Waals surface area (Å²) in [6.45, 7) is 2.23. The first-order chi connectivity index (χ1) is 14.6. The van der Waals surface area contributed by atoms with Crippen LogP contribution >= 0.6 is 0 Å². The normalized spacial score (nSPS) is 15.4. The van der Waals surface area contributed by atoms with E-state index in [1.165, 1.54) is 30.3 Å². The average molecular weight is 434 g/mol. The van der Waals surface area contributed by atoms with Crippen molar-refractivity contribution in [2.45, 2.75) is 6.18 Å². The van der Waals surface area contributed by atoms with Crippen molar-refractivity contribution in [3.05, 3.63) is 57.9 Å². The van der Waals surface area contributed by atoms with Gasteiger partial charge in [0.1, 0.15) is 0 Å². The molecule has 1 amide bonds. The molecule has 4 rings (SSSR count). The fourth-order valence-electron chi connectivity index (χ4n) is 3.35. The van der Waals surface area contributed by atoms with Crippen molar-refractivity contribution < 1.29 is 22.9 Å². The van der Waals surface area contributed by atoms with Gasteiger partial charge in [-0.3, -0.25) is 14.9 Å². The lowest BCUT2D eigenvalue weighted by Gasteiger charge is -2.31. The molecular weight excluding hydrogens is 417 g/mol. The fourth-order valence-corrected chi connectivity index (χ4v) is 3.35. The van der Waals surface area contributed by atoms with Gasteiger partial charge in [-0.1, -0.05) is 0 Å². The predicted octanol–water partition coefficient (Wildman–Crippen LogP) is 2.71. The number of alkyl halides is 3. The first kappa shape index (κ1) is 20.7. The third-order valence-electron chi connectivity index (χ3n) is 5.10. The van der Waals surface area contributed by atoms with Crippen molar-refractivity contribution in [2.24, 2.45) is 0 Å². The summed E-state index contributed by atoms with van der Waals surface area (Å²) in [5.74, 6) is -0.455. The summed E-state index contributed by atoms with van der Waals surface area (Å²) < 4.78 is 41.7. The van der Waals surface area contributed by atoms with Gasteiger partial charge in [-0.15, -0.1) is 0 Å². The highest BCUT2D eigenvalue weighted by Gasteiger charge is 2.36. The molecule has 0 atom stereocenters. The Kier molecular flexibility index (Phi) is 5.09. The SMILES string of the molecule is CN1CCN(C(=O)c2cc3nc(-c4ccc([N+](=O)[O-])cc4)cc(C(F)(F)F)n3n2)CC1. The molecule has 1 fully saturated rings. The lowest BCUT2D eigenvalue weighted by molar-refractivity contribution is -0.384. The van der Waals surface area contributed by atoms with Gasteiger partial charge in [-0.25, -0.2) is 9.50 Å². The molecule has 0 N–H and O–H groups in total. The van der Waals surface area contributed by atoms with Crippen LogP contribution in [0.4, 0.5) is 18.9 Å². The lowest BCUT2D eigenvalue weighted by atomic mass is 10.1. The summed E-state index contributed by atoms with van der Waals surface area (Å²) in [6.07, 6.45) is -4.75. The van der Waals surface area contributed by atoms with Crippen molar-refractivity contribution in [1.82, 2.24) is 24.4 Å². The Balaban J connectivity index is 1.76. The van der Waals surface area contributed by atoms with Gasteiger partial charge in [-0.05, 0) is 25.2 Å². The second-order valence-corrected chi connectivity index (χ2v) is 7.22. The topological polar surface area (TPSA) is 96.9 Å². The largest absolute Gasteiger partial charge is 0.433 e. The monoisotopic (exact) mass is 434 g/mol. The first-order valence-corrected chi connectivity index (χ1v) is 9.34. The minimum Gasteiger partial charge on any atom is -0.335 e. The molecule has 9 nitrogen and oxygen atoms in total. The number of nitro benzene ring substituents is 1. The van der Waals surface area contributed by atoms with E-state index in [2.05, 4.69) is 10.1 Å². The number of nitrogens with zero attached hydrogens (tertiary/aromatic N) is 6. The van der Waals surface area contributed by atoms with Crippen LogP contribution in [0.1, 0.15) is 16.2 Å². The molecule has 0 spiro atoms. The number of carbonyl (C=O) groups excluding carboxylic acids is 1. The van der Waals surface area contributed by atoms with Crippen molar-refractivity contribution >= 4 is 17.2 Å². The van der Waals surface area contributed by atoms with Gasteiger partial charge in [0.15, 0.2) is 17.0 Å². The number of aromatic nitrogens is 3. The Morgan fingerprint density at radius 1 is 1.10 bits per heavy atom. The molecule has 0 aliphatic carbocycles. The first-order valence-electron chi connectivity index (χ1n) is 9.34. The number of amides is 1. The Labute approximate surface area is 173 Å². The van der Waals surface area contributed by atoms with Gasteiger partial charge in [0.25, 0.3) is 11.6 Å². The molecule has 1 aliphatic rings. The van der Waals surface area contributed by atoms with E-state index in [4.69, 9.17) is 0 Å². The zero-order chi connectivity index (χ0) is 22.3. The molecule has 1 saturated heterocycles. The Hall–Kier alpha value is -3.54. The number of benzene rings is 1. The van der Waals surface area contributed by atoms with Gasteiger partial charge in [-0.2, -0.15) is 18.3 Å². The molecule has 0 radical (unpaired) electrons. The number of non-ortho nitro benzene ring substituents is 1. The van der Waals surface area contributed by atoms with E-state index in [0.717, 1.165) is 6.07 Å². The maximum Gasteiger partial charge on any atom is 0.433 e. The lowest BCUT2D eigenvalue weighted by Crippen LogP contribution is -2.47. The van der Waals surface area contributed by atoms with Crippen LogP contribution in [0.5, 0.6) is 0 Å². The van der Waals surface area contributed by atoms with Gasteiger partial charge in [0, 0.05) is 49.9 Å². The minimum atomic E-state index is -4.75. The molecule has 3 heterocycles. The molecule has 2 aromatic heterocycles. The number of halogens is 3. The highest BCUT2D eigenvalue weighted by Crippen LogP contribution is 2.32. The van der Waals surface area contributed by atoms with Crippen LogP contribution in [-0.4, -0.2) is 68.5 Å². The van der Waals surface area contributed by atoms with Crippen LogP contribution < -0.4 is 0 Å². The number of likely N-dealkylation sites (N-methyl/N-ethyl adjacent to an activating group) is 1. The summed E-state index contributed by atoms with van der Waals surface area (Å²) in [5, 5.41) is 14.7. The zero-order valence-electron chi connectivity index (χ0n) is 16.3. The van der Waals surface area contributed by atoms with Gasteiger partial charge >= 0.3 is 6.18 Å². The molecule has 31 heavy (non-hydrogen) atoms. The average Bonchev–Trinajstić information content (AvgIpc) is 3.16. The van der Waals surface area contributed by atoms with Crippen molar-refractivity contribution in [2.75, 3.05) is 33.2 Å². The molecule has 3 aromatic rings. The quantitative estimate of drug-likeness (QED) is 0.465. The summed E-state index contributed by atoms with van der Waals surface area (Å²) in [6, 6.07) is 7.06. The molecule has 0 saturated carbocycles. The van der Waals surface area contributed by atoms with Gasteiger partial charge < -0.3 is 9.80 Å². The van der Waals surface area contributed by atoms with E-state index < -0.39 is 22.7 Å². The highest BCUT2D eigenvalue weighted by molar-refractivity contribution is 5.93. The van der Waals surface area contributed by atoms with Crippen molar-refractivity contribution in [3.63, 3.8) is 0 Å². The number of piperazine rings is 1. The van der Waals surface area contributed by atoms with E-state index in [-0.39, 0.29) is 28.3 Å². The zero-order valence-corrected chi connectivity index (χ0v) is 16.3. The molecule has 0 bridgehead atoms. The molecule has 12 heteroatoms. The number of nitro groups is 1. The number of hydrogen-bond donors (Lipinski definition) is 0. The number of fused-ring (bicyclic) bond motifs is 1. The molecular formula is C19H17F3N6O3. The van der Waals surface area contributed by atoms with E-state index in [1.54, 1.807) is 4.90 Å². The van der Waals surface area contributed by atoms with Gasteiger partial charge in [0.05, 0.1) is 10.6 Å². The van der Waals surface area contributed by atoms with Crippen LogP contribution in [-0.2, 0) is 6.18 Å². The molecule has 0 unspecified atom stereocenters. The second kappa shape index (κ2) is 7.61. The summed E-state index contributed by atoms with van der Waals surface area (Å²) >= 11 is 0. The Bertz CT molecular complexity index is 1150. The minimum absolute atomic E-state index is 0.0341. The molecule has 162 valence electrons. The van der Waals surface area contributed by atoms with E-state index >= 15 is 0 Å². The third-order valence-corrected chi connectivity index (χ3v) is 5.10. The number of carbonyl (C=O) groups is 1. The third kappa shape index (κ3) is 4.06. The fraction of sp³-hybridized carbons (Fsp3) is 0.316. The van der Waals surface area contributed by atoms with Crippen LogP contribution in [0, 0.1) is 10.1 Å². The van der Waals surface area contributed by atoms with Crippen LogP contribution in [0.15, 0.2) is 36.4 Å². The van der Waals surface area contributed by atoms with E-state index in [1.807, 2.05) is 11.9 Å².